The number of rotatable bonds is 16. The predicted octanol–water partition coefficient (Wildman–Crippen LogP) is 1.63. The highest BCUT2D eigenvalue weighted by Gasteiger charge is 2.47. The van der Waals surface area contributed by atoms with E-state index in [9.17, 15) is 42.3 Å². The molecule has 4 amide bonds. The summed E-state index contributed by atoms with van der Waals surface area (Å²) in [5.74, 6) is -5.48. The van der Waals surface area contributed by atoms with Crippen LogP contribution < -0.4 is 27.4 Å². The van der Waals surface area contributed by atoms with Gasteiger partial charge in [0.1, 0.15) is 18.1 Å². The Morgan fingerprint density at radius 2 is 1.46 bits per heavy atom. The van der Waals surface area contributed by atoms with Crippen LogP contribution in [0, 0.1) is 0 Å². The normalized spacial score (nSPS) is 18.8. The van der Waals surface area contributed by atoms with Gasteiger partial charge in [-0.15, -0.1) is 0 Å². The number of halogens is 3. The molecule has 0 saturated carbocycles. The predicted molar refractivity (Wildman–Crippen MR) is 189 cm³/mol. The molecule has 1 unspecified atom stereocenters. The lowest BCUT2D eigenvalue weighted by Crippen LogP contribution is -2.60. The first kappa shape index (κ1) is 42.7. The van der Waals surface area contributed by atoms with Crippen molar-refractivity contribution >= 4 is 41.5 Å². The molecule has 54 heavy (non-hydrogen) atoms. The number of nitrogens with zero attached hydrogens (tertiary/aromatic N) is 2. The topological polar surface area (TPSA) is 247 Å². The van der Waals surface area contributed by atoms with Gasteiger partial charge in [0.2, 0.25) is 23.6 Å². The van der Waals surface area contributed by atoms with Gasteiger partial charge < -0.3 is 42.5 Å². The van der Waals surface area contributed by atoms with Crippen molar-refractivity contribution in [3.63, 3.8) is 0 Å². The van der Waals surface area contributed by atoms with E-state index in [4.69, 9.17) is 21.4 Å². The minimum Gasteiger partial charge on any atom is -0.481 e. The third kappa shape index (κ3) is 14.0. The molecule has 4 rings (SSSR count). The van der Waals surface area contributed by atoms with Crippen LogP contribution in [0.2, 0.25) is 0 Å². The summed E-state index contributed by atoms with van der Waals surface area (Å²) >= 11 is 0. The lowest BCUT2D eigenvalue weighted by molar-refractivity contribution is -0.192. The molecular formula is C36H46F3N7O8. The summed E-state index contributed by atoms with van der Waals surface area (Å²) in [6, 6.07) is 15.4. The third-order valence-electron chi connectivity index (χ3n) is 8.90. The fraction of sp³-hybridized carbons (Fsp3) is 0.472. The Hall–Kier alpha value is -5.68. The number of carboxylic acid groups (broad SMARTS) is 2. The molecular weight excluding hydrogens is 715 g/mol. The van der Waals surface area contributed by atoms with Crippen LogP contribution in [0.25, 0.3) is 0 Å². The quantitative estimate of drug-likeness (QED) is 0.0740. The van der Waals surface area contributed by atoms with E-state index >= 15 is 0 Å². The molecule has 15 nitrogen and oxygen atoms in total. The molecule has 0 bridgehead atoms. The van der Waals surface area contributed by atoms with Crippen molar-refractivity contribution in [3.8, 4) is 0 Å². The van der Waals surface area contributed by atoms with Gasteiger partial charge in [0.15, 0.2) is 5.96 Å². The molecule has 9 N–H and O–H groups in total. The van der Waals surface area contributed by atoms with Gasteiger partial charge in [0.05, 0.1) is 12.8 Å². The van der Waals surface area contributed by atoms with Crippen molar-refractivity contribution in [3.05, 3.63) is 71.8 Å². The van der Waals surface area contributed by atoms with E-state index in [1.54, 1.807) is 4.90 Å². The number of carboxylic acids is 2. The van der Waals surface area contributed by atoms with Gasteiger partial charge >= 0.3 is 18.1 Å². The second kappa shape index (κ2) is 20.5. The van der Waals surface area contributed by atoms with Crippen molar-refractivity contribution in [1.29, 1.82) is 0 Å². The Morgan fingerprint density at radius 3 is 2.04 bits per heavy atom. The lowest BCUT2D eigenvalue weighted by Gasteiger charge is -2.38. The minimum atomic E-state index is -5.08. The molecule has 294 valence electrons. The van der Waals surface area contributed by atoms with Crippen LogP contribution in [-0.4, -0.2) is 99.6 Å². The molecule has 2 aliphatic rings. The van der Waals surface area contributed by atoms with Crippen LogP contribution in [0.4, 0.5) is 13.2 Å². The van der Waals surface area contributed by atoms with Crippen molar-refractivity contribution in [2.45, 2.75) is 101 Å². The first-order chi connectivity index (χ1) is 25.5. The average Bonchev–Trinajstić information content (AvgIpc) is 3.55. The van der Waals surface area contributed by atoms with Crippen LogP contribution >= 0.6 is 0 Å². The standard InChI is InChI=1S/C34H45N7O6.C2HF3O2/c35-34(36)37-19-7-12-26(31(45)38-24(21-30(43)44)14-13-22-8-3-1-4-9-22)40-32(46)28-18-16-25-15-17-27(33(47)41(25)28)39-29(42)20-23-10-5-2-6-11-23;3-2(4,5)1(6)7/h1-6,8-11,24-28H,7,12-21H2,(H,38,45)(H,39,42)(H,40,46)(H,43,44)(H4,35,36,37);(H,6,7)/t24-,25-,26+,27?,28+;/m1./s1. The number of carbonyl (C=O) groups is 6. The van der Waals surface area contributed by atoms with E-state index in [0.29, 0.717) is 44.9 Å². The SMILES string of the molecule is NC(N)=NCCC[C@H](NC(=O)[C@@H]1CC[C@H]2CCC(NC(=O)Cc3ccccc3)C(=O)N21)C(=O)N[C@H](CCc1ccccc1)CC(=O)O.O=C(O)C(F)(F)F. The van der Waals surface area contributed by atoms with Gasteiger partial charge in [0, 0.05) is 18.6 Å². The zero-order chi connectivity index (χ0) is 39.8. The number of amides is 4. The number of aliphatic carboxylic acids is 2. The largest absolute Gasteiger partial charge is 0.490 e. The number of guanidine groups is 1. The van der Waals surface area contributed by atoms with E-state index in [1.807, 2.05) is 60.7 Å². The van der Waals surface area contributed by atoms with Gasteiger partial charge in [-0.2, -0.15) is 13.2 Å². The van der Waals surface area contributed by atoms with Crippen LogP contribution in [0.5, 0.6) is 0 Å². The number of hydrogen-bond donors (Lipinski definition) is 7. The number of carbonyl (C=O) groups excluding carboxylic acids is 4. The van der Waals surface area contributed by atoms with Crippen LogP contribution in [0.3, 0.4) is 0 Å². The highest BCUT2D eigenvalue weighted by atomic mass is 19.4. The van der Waals surface area contributed by atoms with Crippen molar-refractivity contribution in [2.75, 3.05) is 6.54 Å². The van der Waals surface area contributed by atoms with Crippen molar-refractivity contribution in [2.24, 2.45) is 16.5 Å². The van der Waals surface area contributed by atoms with Gasteiger partial charge in [-0.3, -0.25) is 29.0 Å². The fourth-order valence-corrected chi connectivity index (χ4v) is 6.34. The summed E-state index contributed by atoms with van der Waals surface area (Å²) in [5, 5.41) is 25.1. The van der Waals surface area contributed by atoms with Crippen LogP contribution in [-0.2, 0) is 41.6 Å². The Balaban J connectivity index is 0.00000102. The number of aliphatic imine (C=N–C) groups is 1. The fourth-order valence-electron chi connectivity index (χ4n) is 6.34. The number of benzene rings is 2. The highest BCUT2D eigenvalue weighted by Crippen LogP contribution is 2.33. The molecule has 2 aromatic rings. The first-order valence-electron chi connectivity index (χ1n) is 17.4. The monoisotopic (exact) mass is 761 g/mol. The van der Waals surface area contributed by atoms with E-state index in [0.717, 1.165) is 11.1 Å². The molecule has 0 radical (unpaired) electrons. The van der Waals surface area contributed by atoms with Crippen molar-refractivity contribution in [1.82, 2.24) is 20.9 Å². The summed E-state index contributed by atoms with van der Waals surface area (Å²) in [5.41, 5.74) is 12.7. The molecule has 2 aliphatic heterocycles. The summed E-state index contributed by atoms with van der Waals surface area (Å²) in [4.78, 5) is 79.7. The number of nitrogens with two attached hydrogens (primary N) is 2. The summed E-state index contributed by atoms with van der Waals surface area (Å²) in [6.45, 7) is 0.231. The second-order valence-electron chi connectivity index (χ2n) is 13.0. The maximum atomic E-state index is 13.7. The van der Waals surface area contributed by atoms with Crippen molar-refractivity contribution < 1.29 is 52.2 Å². The van der Waals surface area contributed by atoms with Crippen LogP contribution in [0.15, 0.2) is 65.7 Å². The molecule has 2 saturated heterocycles. The molecule has 0 aromatic heterocycles. The molecule has 2 fully saturated rings. The number of nitrogens with one attached hydrogen (secondary N) is 3. The molecule has 2 heterocycles. The Labute approximate surface area is 309 Å². The minimum absolute atomic E-state index is 0.0940. The van der Waals surface area contributed by atoms with E-state index in [1.165, 1.54) is 0 Å². The lowest BCUT2D eigenvalue weighted by atomic mass is 9.97. The zero-order valence-electron chi connectivity index (χ0n) is 29.5. The maximum Gasteiger partial charge on any atom is 0.490 e. The smallest absolute Gasteiger partial charge is 0.481 e. The number of hydrogen-bond acceptors (Lipinski definition) is 7. The molecule has 0 aliphatic carbocycles. The van der Waals surface area contributed by atoms with E-state index in [-0.39, 0.29) is 49.6 Å². The van der Waals surface area contributed by atoms with Crippen LogP contribution in [0.1, 0.15) is 62.5 Å². The van der Waals surface area contributed by atoms with Gasteiger partial charge in [-0.1, -0.05) is 60.7 Å². The van der Waals surface area contributed by atoms with Gasteiger partial charge in [-0.25, -0.2) is 4.79 Å². The summed E-state index contributed by atoms with van der Waals surface area (Å²) in [7, 11) is 0. The number of piperidine rings is 1. The molecule has 2 aromatic carbocycles. The van der Waals surface area contributed by atoms with E-state index < -0.39 is 54.1 Å². The molecule has 0 spiro atoms. The maximum absolute atomic E-state index is 13.7. The third-order valence-corrected chi connectivity index (χ3v) is 8.90. The number of aryl methyl sites for hydroxylation is 1. The average molecular weight is 762 g/mol. The summed E-state index contributed by atoms with van der Waals surface area (Å²) < 4.78 is 31.7. The molecule has 5 atom stereocenters. The molecule has 18 heteroatoms. The Morgan fingerprint density at radius 1 is 0.870 bits per heavy atom. The van der Waals surface area contributed by atoms with Gasteiger partial charge in [0.25, 0.3) is 0 Å². The Kier molecular flexibility index (Phi) is 16.2. The second-order valence-corrected chi connectivity index (χ2v) is 13.0. The first-order valence-corrected chi connectivity index (χ1v) is 17.4. The van der Waals surface area contributed by atoms with E-state index in [2.05, 4.69) is 20.9 Å². The summed E-state index contributed by atoms with van der Waals surface area (Å²) in [6.07, 6.45) is -1.52. The Bertz CT molecular complexity index is 1620. The zero-order valence-corrected chi connectivity index (χ0v) is 29.5. The number of alkyl halides is 3. The number of fused-ring (bicyclic) bond motifs is 1. The van der Waals surface area contributed by atoms with Gasteiger partial charge in [-0.05, 0) is 62.5 Å². The highest BCUT2D eigenvalue weighted by molar-refractivity contribution is 5.95.